The maximum atomic E-state index is 13.6. The molecule has 1 N–H and O–H groups in total. The highest BCUT2D eigenvalue weighted by atomic mass is 35.5. The molecule has 7 nitrogen and oxygen atoms in total. The van der Waals surface area contributed by atoms with Crippen molar-refractivity contribution in [2.45, 2.75) is 75.1 Å². The fourth-order valence-corrected chi connectivity index (χ4v) is 9.64. The first-order valence-corrected chi connectivity index (χ1v) is 18.0. The Kier molecular flexibility index (Phi) is 9.68. The van der Waals surface area contributed by atoms with Gasteiger partial charge >= 0.3 is 0 Å². The number of hydrogen-bond donors (Lipinski definition) is 1. The van der Waals surface area contributed by atoms with Crippen molar-refractivity contribution >= 4 is 34.2 Å². The molecular formula is C36H47ClN2O5S. The molecule has 4 aliphatic rings. The standard InChI is InChI=1S/C36H47ClN2O5S/c1-24-7-5-16-35(2,43-4)29-12-9-27(29)21-39-22-36(17-6-8-25-19-28(37)11-13-30(25)36)23-44-32-14-10-26(20-31(32)39)34(40)38-45(41)33(24)15-18-42-3/h5,10-11,13-14,16,19-20,24,27,29,33H,6-9,12,15,17-18,21-23H2,1-4H3,(H,38,40)/b16-5+/t24?,27?,29?,33?,35-,36-,45?/m0/s1. The van der Waals surface area contributed by atoms with E-state index >= 15 is 0 Å². The molecule has 2 aromatic rings. The number of fused-ring (bicyclic) bond motifs is 4. The molecule has 7 atom stereocenters. The zero-order valence-electron chi connectivity index (χ0n) is 27.0. The number of hydrogen-bond acceptors (Lipinski definition) is 6. The van der Waals surface area contributed by atoms with Gasteiger partial charge in [-0.05, 0) is 111 Å². The van der Waals surface area contributed by atoms with Crippen LogP contribution in [0.2, 0.25) is 5.02 Å². The molecule has 0 radical (unpaired) electrons. The number of methoxy groups -OCH3 is 2. The number of ether oxygens (including phenoxy) is 3. The molecule has 45 heavy (non-hydrogen) atoms. The summed E-state index contributed by atoms with van der Waals surface area (Å²) in [5, 5.41) is 0.516. The summed E-state index contributed by atoms with van der Waals surface area (Å²) in [7, 11) is 1.88. The number of rotatable bonds is 4. The molecule has 1 saturated carbocycles. The highest BCUT2D eigenvalue weighted by Crippen LogP contribution is 2.49. The fourth-order valence-electron chi connectivity index (χ4n) is 8.15. The Hall–Kier alpha value is -2.39. The molecule has 0 saturated heterocycles. The van der Waals surface area contributed by atoms with Crippen molar-refractivity contribution in [3.8, 4) is 5.75 Å². The summed E-state index contributed by atoms with van der Waals surface area (Å²) in [5.74, 6) is 1.29. The van der Waals surface area contributed by atoms with E-state index in [9.17, 15) is 9.00 Å². The summed E-state index contributed by atoms with van der Waals surface area (Å²) in [6, 6.07) is 12.0. The minimum absolute atomic E-state index is 0.0733. The molecule has 1 fully saturated rings. The maximum absolute atomic E-state index is 13.6. The van der Waals surface area contributed by atoms with Gasteiger partial charge in [0.15, 0.2) is 0 Å². The molecule has 2 heterocycles. The Balaban J connectivity index is 1.41. The van der Waals surface area contributed by atoms with E-state index in [0.717, 1.165) is 68.1 Å². The average Bonchev–Trinajstić information content (AvgIpc) is 3.15. The number of benzene rings is 2. The smallest absolute Gasteiger partial charge is 0.263 e. The lowest BCUT2D eigenvalue weighted by Gasteiger charge is -2.49. The molecule has 2 aromatic carbocycles. The van der Waals surface area contributed by atoms with Crippen LogP contribution in [0.5, 0.6) is 5.75 Å². The first-order valence-electron chi connectivity index (χ1n) is 16.4. The Morgan fingerprint density at radius 1 is 1.18 bits per heavy atom. The van der Waals surface area contributed by atoms with Gasteiger partial charge in [-0.25, -0.2) is 4.21 Å². The van der Waals surface area contributed by atoms with Crippen molar-refractivity contribution in [2.24, 2.45) is 17.8 Å². The van der Waals surface area contributed by atoms with Crippen LogP contribution in [-0.4, -0.2) is 61.5 Å². The lowest BCUT2D eigenvalue weighted by molar-refractivity contribution is -0.0622. The van der Waals surface area contributed by atoms with Gasteiger partial charge < -0.3 is 19.1 Å². The quantitative estimate of drug-likeness (QED) is 0.373. The minimum atomic E-state index is -1.59. The zero-order chi connectivity index (χ0) is 31.8. The molecule has 6 rings (SSSR count). The van der Waals surface area contributed by atoms with Crippen LogP contribution in [0.25, 0.3) is 0 Å². The van der Waals surface area contributed by atoms with E-state index in [0.29, 0.717) is 37.0 Å². The highest BCUT2D eigenvalue weighted by Gasteiger charge is 2.47. The van der Waals surface area contributed by atoms with Crippen LogP contribution in [0.1, 0.15) is 73.9 Å². The molecule has 1 spiro atoms. The summed E-state index contributed by atoms with van der Waals surface area (Å²) >= 11 is 6.45. The van der Waals surface area contributed by atoms with E-state index in [2.05, 4.69) is 47.8 Å². The summed E-state index contributed by atoms with van der Waals surface area (Å²) in [4.78, 5) is 16.1. The number of halogens is 1. The van der Waals surface area contributed by atoms with E-state index < -0.39 is 16.6 Å². The first kappa shape index (κ1) is 32.5. The molecule has 0 aromatic heterocycles. The molecule has 1 amide bonds. The summed E-state index contributed by atoms with van der Waals surface area (Å²) in [6.45, 7) is 6.96. The van der Waals surface area contributed by atoms with Crippen molar-refractivity contribution in [1.82, 2.24) is 4.72 Å². The van der Waals surface area contributed by atoms with E-state index in [1.165, 1.54) is 11.1 Å². The number of amides is 1. The normalized spacial score (nSPS) is 34.0. The number of allylic oxidation sites excluding steroid dienone is 1. The SMILES string of the molecule is COCCC1C(C)C/C=C/[C@](C)(OC)C2CCC2CN2C[C@@]3(CCCc4cc(Cl)ccc43)COc3ccc(cc32)C(=O)NS1=O. The number of carbonyl (C=O) groups excluding carboxylic acids is 1. The van der Waals surface area contributed by atoms with Crippen LogP contribution in [-0.2, 0) is 32.3 Å². The lowest BCUT2D eigenvalue weighted by Crippen LogP contribution is -2.52. The highest BCUT2D eigenvalue weighted by molar-refractivity contribution is 7.84. The number of nitrogens with zero attached hydrogens (tertiary/aromatic N) is 1. The van der Waals surface area contributed by atoms with Gasteiger partial charge in [-0.15, -0.1) is 0 Å². The Morgan fingerprint density at radius 3 is 2.78 bits per heavy atom. The zero-order valence-corrected chi connectivity index (χ0v) is 28.6. The van der Waals surface area contributed by atoms with Crippen molar-refractivity contribution < 1.29 is 23.2 Å². The van der Waals surface area contributed by atoms with Gasteiger partial charge in [0.05, 0.1) is 23.1 Å². The van der Waals surface area contributed by atoms with Crippen LogP contribution < -0.4 is 14.4 Å². The molecule has 9 heteroatoms. The topological polar surface area (TPSA) is 77.1 Å². The van der Waals surface area contributed by atoms with Gasteiger partial charge in [-0.2, -0.15) is 0 Å². The average molecular weight is 655 g/mol. The van der Waals surface area contributed by atoms with Crippen molar-refractivity contribution in [3.05, 3.63) is 70.3 Å². The summed E-state index contributed by atoms with van der Waals surface area (Å²) < 4.78 is 34.7. The third-order valence-corrected chi connectivity index (χ3v) is 12.9. The van der Waals surface area contributed by atoms with Crippen molar-refractivity contribution in [2.75, 3.05) is 45.4 Å². The van der Waals surface area contributed by atoms with E-state index in [4.69, 9.17) is 25.8 Å². The predicted molar refractivity (Wildman–Crippen MR) is 181 cm³/mol. The number of nitrogens with one attached hydrogen (secondary N) is 1. The lowest BCUT2D eigenvalue weighted by atomic mass is 9.64. The number of carbonyl (C=O) groups is 1. The number of anilines is 1. The van der Waals surface area contributed by atoms with E-state index in [-0.39, 0.29) is 22.5 Å². The largest absolute Gasteiger partial charge is 0.490 e. The van der Waals surface area contributed by atoms with Gasteiger partial charge in [0.2, 0.25) is 0 Å². The van der Waals surface area contributed by atoms with Gasteiger partial charge in [0.1, 0.15) is 16.7 Å². The van der Waals surface area contributed by atoms with E-state index in [1.54, 1.807) is 13.2 Å². The van der Waals surface area contributed by atoms with Gasteiger partial charge in [-0.1, -0.05) is 36.7 Å². The van der Waals surface area contributed by atoms with Crippen LogP contribution in [0.3, 0.4) is 0 Å². The van der Waals surface area contributed by atoms with Crippen LogP contribution in [0, 0.1) is 17.8 Å². The van der Waals surface area contributed by atoms with Crippen LogP contribution >= 0.6 is 11.6 Å². The van der Waals surface area contributed by atoms with Crippen LogP contribution in [0.4, 0.5) is 5.69 Å². The van der Waals surface area contributed by atoms with Crippen molar-refractivity contribution in [3.63, 3.8) is 0 Å². The van der Waals surface area contributed by atoms with Gasteiger partial charge in [0.25, 0.3) is 5.91 Å². The molecule has 244 valence electrons. The van der Waals surface area contributed by atoms with Crippen LogP contribution in [0.15, 0.2) is 48.6 Å². The molecule has 2 aliphatic carbocycles. The predicted octanol–water partition coefficient (Wildman–Crippen LogP) is 6.64. The monoisotopic (exact) mass is 654 g/mol. The van der Waals surface area contributed by atoms with E-state index in [1.807, 2.05) is 25.3 Å². The minimum Gasteiger partial charge on any atom is -0.490 e. The second kappa shape index (κ2) is 13.4. The summed E-state index contributed by atoms with van der Waals surface area (Å²) in [5.41, 5.74) is 3.42. The number of aryl methyl sites for hydroxylation is 1. The second-order valence-electron chi connectivity index (χ2n) is 13.8. The second-order valence-corrected chi connectivity index (χ2v) is 15.6. The van der Waals surface area contributed by atoms with Gasteiger partial charge in [0, 0.05) is 49.9 Å². The maximum Gasteiger partial charge on any atom is 0.263 e. The molecular weight excluding hydrogens is 608 g/mol. The third kappa shape index (κ3) is 6.45. The Bertz CT molecular complexity index is 1470. The summed E-state index contributed by atoms with van der Waals surface area (Å²) in [6.07, 6.45) is 11.1. The van der Waals surface area contributed by atoms with Gasteiger partial charge in [-0.3, -0.25) is 9.52 Å². The Labute approximate surface area is 275 Å². The molecule has 2 aliphatic heterocycles. The Morgan fingerprint density at radius 2 is 2.02 bits per heavy atom. The molecule has 5 unspecified atom stereocenters. The fraction of sp³-hybridized carbons (Fsp3) is 0.583. The van der Waals surface area contributed by atoms with Crippen molar-refractivity contribution in [1.29, 1.82) is 0 Å². The molecule has 2 bridgehead atoms. The third-order valence-electron chi connectivity index (χ3n) is 11.0. The first-order chi connectivity index (χ1) is 21.7.